The van der Waals surface area contributed by atoms with Gasteiger partial charge in [0.25, 0.3) is 0 Å². The van der Waals surface area contributed by atoms with Crippen molar-refractivity contribution >= 4 is 0 Å². The molecule has 0 bridgehead atoms. The highest BCUT2D eigenvalue weighted by molar-refractivity contribution is 5.23. The first-order valence-corrected chi connectivity index (χ1v) is 11.5. The summed E-state index contributed by atoms with van der Waals surface area (Å²) >= 11 is 0. The molecule has 2 aliphatic rings. The summed E-state index contributed by atoms with van der Waals surface area (Å²) in [7, 11) is 0. The van der Waals surface area contributed by atoms with Crippen molar-refractivity contribution in [2.45, 2.75) is 97.3 Å². The number of hydrogen-bond donors (Lipinski definition) is 0. The van der Waals surface area contributed by atoms with Gasteiger partial charge in [0.2, 0.25) is 0 Å². The number of hydrogen-bond acceptors (Lipinski definition) is 0. The Morgan fingerprint density at radius 2 is 1.54 bits per heavy atom. The van der Waals surface area contributed by atoms with E-state index < -0.39 is 0 Å². The highest BCUT2D eigenvalue weighted by Gasteiger charge is 2.28. The standard InChI is InChI=1S/C26H40/c1-3-5-6-22-13-17-25(18-14-22)26-19-15-24(16-20-26)12-11-23-9-7-21(4-2)8-10-23/h7-10,15,22,25-26H,3-6,11-14,16-20H2,1-2H3. The molecule has 26 heavy (non-hydrogen) atoms. The third-order valence-corrected chi connectivity index (χ3v) is 7.24. The number of benzene rings is 1. The Labute approximate surface area is 162 Å². The first-order chi connectivity index (χ1) is 12.8. The predicted molar refractivity (Wildman–Crippen MR) is 115 cm³/mol. The van der Waals surface area contributed by atoms with E-state index in [1.807, 2.05) is 0 Å². The van der Waals surface area contributed by atoms with Crippen LogP contribution >= 0.6 is 0 Å². The molecule has 0 saturated heterocycles. The van der Waals surface area contributed by atoms with Gasteiger partial charge >= 0.3 is 0 Å². The van der Waals surface area contributed by atoms with Gasteiger partial charge < -0.3 is 0 Å². The Morgan fingerprint density at radius 3 is 2.15 bits per heavy atom. The number of unbranched alkanes of at least 4 members (excludes halogenated alkanes) is 1. The largest absolute Gasteiger partial charge is 0.0850 e. The molecule has 1 unspecified atom stereocenters. The maximum atomic E-state index is 2.62. The second kappa shape index (κ2) is 10.3. The van der Waals surface area contributed by atoms with Gasteiger partial charge in [-0.05, 0) is 80.2 Å². The summed E-state index contributed by atoms with van der Waals surface area (Å²) < 4.78 is 0. The summed E-state index contributed by atoms with van der Waals surface area (Å²) in [4.78, 5) is 0. The predicted octanol–water partition coefficient (Wildman–Crippen LogP) is 7.90. The Bertz CT molecular complexity index is 542. The minimum atomic E-state index is 0.995. The zero-order chi connectivity index (χ0) is 18.2. The van der Waals surface area contributed by atoms with Crippen LogP contribution in [0.25, 0.3) is 0 Å². The monoisotopic (exact) mass is 352 g/mol. The molecule has 2 aliphatic carbocycles. The second-order valence-corrected chi connectivity index (χ2v) is 8.99. The quantitative estimate of drug-likeness (QED) is 0.417. The van der Waals surface area contributed by atoms with Crippen LogP contribution in [0.3, 0.4) is 0 Å². The topological polar surface area (TPSA) is 0 Å². The van der Waals surface area contributed by atoms with E-state index in [-0.39, 0.29) is 0 Å². The van der Waals surface area contributed by atoms with Crippen molar-refractivity contribution < 1.29 is 0 Å². The summed E-state index contributed by atoms with van der Waals surface area (Å²) in [5, 5.41) is 0. The molecule has 0 N–H and O–H groups in total. The van der Waals surface area contributed by atoms with E-state index in [0.29, 0.717) is 0 Å². The van der Waals surface area contributed by atoms with Crippen molar-refractivity contribution in [2.75, 3.05) is 0 Å². The average molecular weight is 353 g/mol. The molecule has 0 amide bonds. The molecule has 0 spiro atoms. The molecule has 0 aromatic heterocycles. The SMILES string of the molecule is CCCCC1CCC(C2CC=C(CCc3ccc(CC)cc3)CC2)CC1. The Balaban J connectivity index is 1.39. The van der Waals surface area contributed by atoms with Crippen LogP contribution in [0.2, 0.25) is 0 Å². The minimum Gasteiger partial charge on any atom is -0.0850 e. The van der Waals surface area contributed by atoms with Crippen LogP contribution in [0.1, 0.15) is 95.6 Å². The lowest BCUT2D eigenvalue weighted by atomic mass is 9.70. The summed E-state index contributed by atoms with van der Waals surface area (Å²) in [5.41, 5.74) is 4.70. The van der Waals surface area contributed by atoms with Crippen LogP contribution in [0, 0.1) is 17.8 Å². The first kappa shape index (κ1) is 19.7. The summed E-state index contributed by atoms with van der Waals surface area (Å²) in [6.07, 6.45) is 20.9. The van der Waals surface area contributed by atoms with E-state index in [0.717, 1.165) is 24.2 Å². The van der Waals surface area contributed by atoms with E-state index in [2.05, 4.69) is 44.2 Å². The minimum absolute atomic E-state index is 0.995. The lowest BCUT2D eigenvalue weighted by molar-refractivity contribution is 0.185. The molecule has 144 valence electrons. The number of aryl methyl sites for hydroxylation is 2. The lowest BCUT2D eigenvalue weighted by Gasteiger charge is -2.35. The Morgan fingerprint density at radius 1 is 0.808 bits per heavy atom. The van der Waals surface area contributed by atoms with Crippen LogP contribution < -0.4 is 0 Å². The molecule has 0 heterocycles. The van der Waals surface area contributed by atoms with Gasteiger partial charge in [0.05, 0.1) is 0 Å². The van der Waals surface area contributed by atoms with Gasteiger partial charge in [-0.25, -0.2) is 0 Å². The van der Waals surface area contributed by atoms with Gasteiger partial charge in [0, 0.05) is 0 Å². The molecule has 0 heteroatoms. The zero-order valence-corrected chi connectivity index (χ0v) is 17.3. The first-order valence-electron chi connectivity index (χ1n) is 11.5. The molecule has 0 nitrogen and oxygen atoms in total. The van der Waals surface area contributed by atoms with Crippen molar-refractivity contribution in [3.63, 3.8) is 0 Å². The third kappa shape index (κ3) is 5.73. The van der Waals surface area contributed by atoms with Gasteiger partial charge in [0.15, 0.2) is 0 Å². The fourth-order valence-electron chi connectivity index (χ4n) is 5.25. The zero-order valence-electron chi connectivity index (χ0n) is 17.3. The molecule has 0 aliphatic heterocycles. The van der Waals surface area contributed by atoms with E-state index in [1.54, 1.807) is 5.57 Å². The lowest BCUT2D eigenvalue weighted by Crippen LogP contribution is -2.23. The molecule has 3 rings (SSSR count). The molecule has 1 atom stereocenters. The molecule has 1 fully saturated rings. The molecular weight excluding hydrogens is 312 g/mol. The van der Waals surface area contributed by atoms with E-state index in [1.165, 1.54) is 88.2 Å². The van der Waals surface area contributed by atoms with Crippen molar-refractivity contribution in [2.24, 2.45) is 17.8 Å². The molecule has 1 aromatic rings. The molecule has 1 saturated carbocycles. The van der Waals surface area contributed by atoms with Gasteiger partial charge in [-0.15, -0.1) is 0 Å². The maximum absolute atomic E-state index is 2.62. The number of allylic oxidation sites excluding steroid dienone is 2. The van der Waals surface area contributed by atoms with Crippen molar-refractivity contribution in [1.29, 1.82) is 0 Å². The summed E-state index contributed by atoms with van der Waals surface area (Å²) in [5.74, 6) is 3.09. The van der Waals surface area contributed by atoms with Crippen molar-refractivity contribution in [3.05, 3.63) is 47.0 Å². The Hall–Kier alpha value is -1.04. The molecule has 0 radical (unpaired) electrons. The van der Waals surface area contributed by atoms with E-state index in [4.69, 9.17) is 0 Å². The molecular formula is C26H40. The second-order valence-electron chi connectivity index (χ2n) is 8.99. The number of rotatable bonds is 8. The fourth-order valence-corrected chi connectivity index (χ4v) is 5.25. The van der Waals surface area contributed by atoms with Crippen LogP contribution in [0.4, 0.5) is 0 Å². The summed E-state index contributed by atoms with van der Waals surface area (Å²) in [6.45, 7) is 4.56. The van der Waals surface area contributed by atoms with E-state index in [9.17, 15) is 0 Å². The highest BCUT2D eigenvalue weighted by Crippen LogP contribution is 2.41. The third-order valence-electron chi connectivity index (χ3n) is 7.24. The summed E-state index contributed by atoms with van der Waals surface area (Å²) in [6, 6.07) is 9.28. The maximum Gasteiger partial charge on any atom is -0.0241 e. The average Bonchev–Trinajstić information content (AvgIpc) is 2.72. The highest BCUT2D eigenvalue weighted by atomic mass is 14.3. The van der Waals surface area contributed by atoms with Crippen molar-refractivity contribution in [3.8, 4) is 0 Å². The van der Waals surface area contributed by atoms with Crippen LogP contribution in [0.15, 0.2) is 35.9 Å². The van der Waals surface area contributed by atoms with Gasteiger partial charge in [-0.1, -0.05) is 81.9 Å². The van der Waals surface area contributed by atoms with Crippen LogP contribution in [-0.4, -0.2) is 0 Å². The smallest absolute Gasteiger partial charge is 0.0241 e. The van der Waals surface area contributed by atoms with Crippen LogP contribution in [-0.2, 0) is 12.8 Å². The van der Waals surface area contributed by atoms with Crippen LogP contribution in [0.5, 0.6) is 0 Å². The van der Waals surface area contributed by atoms with E-state index >= 15 is 0 Å². The van der Waals surface area contributed by atoms with Gasteiger partial charge in [-0.3, -0.25) is 0 Å². The molecule has 1 aromatic carbocycles. The Kier molecular flexibility index (Phi) is 7.84. The normalized spacial score (nSPS) is 26.5. The van der Waals surface area contributed by atoms with Gasteiger partial charge in [-0.2, -0.15) is 0 Å². The van der Waals surface area contributed by atoms with Crippen molar-refractivity contribution in [1.82, 2.24) is 0 Å². The fraction of sp³-hybridized carbons (Fsp3) is 0.692. The van der Waals surface area contributed by atoms with Gasteiger partial charge in [0.1, 0.15) is 0 Å².